The topological polar surface area (TPSA) is 4.93 Å². The van der Waals surface area contributed by atoms with Crippen LogP contribution in [0.3, 0.4) is 0 Å². The molecule has 0 N–H and O–H groups in total. The van der Waals surface area contributed by atoms with Gasteiger partial charge in [-0.15, -0.1) is 0 Å². The maximum atomic E-state index is 5.12. The summed E-state index contributed by atoms with van der Waals surface area (Å²) in [7, 11) is 2.05. The first-order valence-electron chi connectivity index (χ1n) is 4.24. The summed E-state index contributed by atoms with van der Waals surface area (Å²) in [6.07, 6.45) is 2.06. The van der Waals surface area contributed by atoms with E-state index in [1.54, 1.807) is 0 Å². The molecule has 2 rings (SSSR count). The Kier molecular flexibility index (Phi) is 1.93. The first-order valence-corrected chi connectivity index (χ1v) is 4.65. The Morgan fingerprint density at radius 3 is 2.77 bits per heavy atom. The first-order chi connectivity index (χ1) is 6.18. The molecule has 0 amide bonds. The van der Waals surface area contributed by atoms with Crippen LogP contribution in [-0.4, -0.2) is 9.43 Å². The van der Waals surface area contributed by atoms with E-state index in [9.17, 15) is 0 Å². The fraction of sp³-hybridized carbons (Fsp3) is 0.182. The summed E-state index contributed by atoms with van der Waals surface area (Å²) in [5.74, 6) is 0. The van der Waals surface area contributed by atoms with Crippen LogP contribution in [0.25, 0.3) is 10.9 Å². The minimum atomic E-state index is 0.950. The lowest BCUT2D eigenvalue weighted by molar-refractivity contribution is 0.969. The van der Waals surface area contributed by atoms with Crippen LogP contribution in [0, 0.1) is 0 Å². The Bertz CT molecular complexity index is 468. The summed E-state index contributed by atoms with van der Waals surface area (Å²) in [5.41, 5.74) is 2.40. The van der Waals surface area contributed by atoms with Gasteiger partial charge in [-0.2, -0.15) is 0 Å². The molecule has 1 aromatic carbocycles. The highest BCUT2D eigenvalue weighted by molar-refractivity contribution is 7.80. The van der Waals surface area contributed by atoms with Crippen LogP contribution in [0.5, 0.6) is 0 Å². The molecule has 0 fully saturated rings. The molecule has 0 bridgehead atoms. The molecule has 0 unspecified atom stereocenters. The van der Waals surface area contributed by atoms with Crippen LogP contribution in [0.2, 0.25) is 0 Å². The second-order valence-electron chi connectivity index (χ2n) is 3.26. The number of aryl methyl sites for hydroxylation is 1. The Labute approximate surface area is 83.0 Å². The van der Waals surface area contributed by atoms with Crippen molar-refractivity contribution in [3.05, 3.63) is 36.0 Å². The minimum Gasteiger partial charge on any atom is -0.351 e. The van der Waals surface area contributed by atoms with Crippen molar-refractivity contribution in [3.63, 3.8) is 0 Å². The molecule has 0 aliphatic carbocycles. The summed E-state index contributed by atoms with van der Waals surface area (Å²) in [4.78, 5) is 0.950. The highest BCUT2D eigenvalue weighted by atomic mass is 32.1. The standard InChI is InChI=1S/C11H11NS/c1-8(13)9-3-4-11-10(7-9)5-6-12(11)2/h3-7H,1-2H3. The molecule has 0 radical (unpaired) electrons. The Morgan fingerprint density at radius 2 is 2.08 bits per heavy atom. The van der Waals surface area contributed by atoms with E-state index >= 15 is 0 Å². The van der Waals surface area contributed by atoms with Gasteiger partial charge >= 0.3 is 0 Å². The normalized spacial score (nSPS) is 10.6. The van der Waals surface area contributed by atoms with Crippen molar-refractivity contribution in [1.29, 1.82) is 0 Å². The van der Waals surface area contributed by atoms with E-state index in [1.165, 1.54) is 10.9 Å². The van der Waals surface area contributed by atoms with Crippen molar-refractivity contribution < 1.29 is 0 Å². The van der Waals surface area contributed by atoms with Gasteiger partial charge in [-0.1, -0.05) is 18.3 Å². The monoisotopic (exact) mass is 189 g/mol. The number of hydrogen-bond acceptors (Lipinski definition) is 1. The van der Waals surface area contributed by atoms with Crippen LogP contribution >= 0.6 is 12.2 Å². The lowest BCUT2D eigenvalue weighted by Gasteiger charge is -1.99. The molecule has 0 aliphatic heterocycles. The Hall–Kier alpha value is -1.15. The predicted octanol–water partition coefficient (Wildman–Crippen LogP) is 2.92. The molecule has 0 aliphatic rings. The van der Waals surface area contributed by atoms with Crippen LogP contribution < -0.4 is 0 Å². The van der Waals surface area contributed by atoms with E-state index in [2.05, 4.69) is 35.0 Å². The molecular formula is C11H11NS. The molecule has 0 spiro atoms. The van der Waals surface area contributed by atoms with Crippen LogP contribution in [0.4, 0.5) is 0 Å². The average Bonchev–Trinajstić information content (AvgIpc) is 2.47. The van der Waals surface area contributed by atoms with Gasteiger partial charge in [0.2, 0.25) is 0 Å². The highest BCUT2D eigenvalue weighted by Crippen LogP contribution is 2.16. The zero-order chi connectivity index (χ0) is 9.42. The van der Waals surface area contributed by atoms with Crippen LogP contribution in [-0.2, 0) is 7.05 Å². The molecular weight excluding hydrogens is 178 g/mol. The molecule has 1 aromatic heterocycles. The summed E-state index contributed by atoms with van der Waals surface area (Å²) in [6.45, 7) is 1.96. The van der Waals surface area contributed by atoms with E-state index in [0.717, 1.165) is 10.4 Å². The average molecular weight is 189 g/mol. The largest absolute Gasteiger partial charge is 0.351 e. The molecule has 0 saturated carbocycles. The second-order valence-corrected chi connectivity index (χ2v) is 3.87. The molecule has 2 heteroatoms. The number of rotatable bonds is 1. The van der Waals surface area contributed by atoms with Gasteiger partial charge in [0.25, 0.3) is 0 Å². The van der Waals surface area contributed by atoms with E-state index in [1.807, 2.05) is 14.0 Å². The van der Waals surface area contributed by atoms with Gasteiger partial charge in [-0.3, -0.25) is 0 Å². The summed E-state index contributed by atoms with van der Waals surface area (Å²) in [6, 6.07) is 8.43. The van der Waals surface area contributed by atoms with Crippen molar-refractivity contribution >= 4 is 28.0 Å². The minimum absolute atomic E-state index is 0.950. The molecule has 0 atom stereocenters. The van der Waals surface area contributed by atoms with Gasteiger partial charge in [0.05, 0.1) is 0 Å². The van der Waals surface area contributed by atoms with E-state index in [4.69, 9.17) is 12.2 Å². The summed E-state index contributed by atoms with van der Waals surface area (Å²) < 4.78 is 2.11. The van der Waals surface area contributed by atoms with Crippen molar-refractivity contribution in [3.8, 4) is 0 Å². The van der Waals surface area contributed by atoms with Crippen molar-refractivity contribution in [2.24, 2.45) is 7.05 Å². The number of hydrogen-bond donors (Lipinski definition) is 0. The highest BCUT2D eigenvalue weighted by Gasteiger charge is 2.00. The maximum absolute atomic E-state index is 5.12. The fourth-order valence-electron chi connectivity index (χ4n) is 1.50. The zero-order valence-electron chi connectivity index (χ0n) is 7.74. The SMILES string of the molecule is CC(=S)c1ccc2c(ccn2C)c1. The lowest BCUT2D eigenvalue weighted by atomic mass is 10.1. The van der Waals surface area contributed by atoms with Crippen molar-refractivity contribution in [2.75, 3.05) is 0 Å². The molecule has 2 aromatic rings. The second kappa shape index (κ2) is 2.96. The third kappa shape index (κ3) is 1.38. The quantitative estimate of drug-likeness (QED) is 0.493. The number of thiocarbonyl (C=S) groups is 1. The van der Waals surface area contributed by atoms with Crippen molar-refractivity contribution in [1.82, 2.24) is 4.57 Å². The van der Waals surface area contributed by atoms with Gasteiger partial charge in [-0.25, -0.2) is 0 Å². The summed E-state index contributed by atoms with van der Waals surface area (Å²) in [5, 5.41) is 1.25. The van der Waals surface area contributed by atoms with Crippen LogP contribution in [0.1, 0.15) is 12.5 Å². The van der Waals surface area contributed by atoms with Crippen LogP contribution in [0.15, 0.2) is 30.5 Å². The van der Waals surface area contributed by atoms with Gasteiger partial charge < -0.3 is 4.57 Å². The zero-order valence-corrected chi connectivity index (χ0v) is 8.56. The molecule has 13 heavy (non-hydrogen) atoms. The molecule has 1 nitrogen and oxygen atoms in total. The predicted molar refractivity (Wildman–Crippen MR) is 60.3 cm³/mol. The Morgan fingerprint density at radius 1 is 1.31 bits per heavy atom. The molecule has 1 heterocycles. The van der Waals surface area contributed by atoms with E-state index < -0.39 is 0 Å². The number of nitrogens with zero attached hydrogens (tertiary/aromatic N) is 1. The lowest BCUT2D eigenvalue weighted by Crippen LogP contribution is -1.90. The molecule has 0 saturated heterocycles. The molecule has 66 valence electrons. The number of aromatic nitrogens is 1. The van der Waals surface area contributed by atoms with Gasteiger partial charge in [0.1, 0.15) is 0 Å². The van der Waals surface area contributed by atoms with Gasteiger partial charge in [0, 0.05) is 29.0 Å². The van der Waals surface area contributed by atoms with E-state index in [-0.39, 0.29) is 0 Å². The third-order valence-electron chi connectivity index (χ3n) is 2.29. The van der Waals surface area contributed by atoms with Gasteiger partial charge in [0.15, 0.2) is 0 Å². The maximum Gasteiger partial charge on any atom is 0.0478 e. The number of fused-ring (bicyclic) bond motifs is 1. The first kappa shape index (κ1) is 8.45. The smallest absolute Gasteiger partial charge is 0.0478 e. The summed E-state index contributed by atoms with van der Waals surface area (Å²) >= 11 is 5.12. The third-order valence-corrected chi connectivity index (χ3v) is 2.53. The Balaban J connectivity index is 2.70. The number of benzene rings is 1. The van der Waals surface area contributed by atoms with E-state index in [0.29, 0.717) is 0 Å². The fourth-order valence-corrected chi connectivity index (χ4v) is 1.63. The van der Waals surface area contributed by atoms with Crippen molar-refractivity contribution in [2.45, 2.75) is 6.92 Å². The van der Waals surface area contributed by atoms with Gasteiger partial charge in [-0.05, 0) is 30.7 Å².